The van der Waals surface area contributed by atoms with Gasteiger partial charge in [0.25, 0.3) is 5.91 Å². The first-order valence-electron chi connectivity index (χ1n) is 10.1. The van der Waals surface area contributed by atoms with E-state index in [4.69, 9.17) is 4.74 Å². The molecular weight excluding hydrogens is 457 g/mol. The van der Waals surface area contributed by atoms with Gasteiger partial charge in [0.1, 0.15) is 5.70 Å². The summed E-state index contributed by atoms with van der Waals surface area (Å²) >= 11 is 0. The standard InChI is InChI=1S/C20H19F3N8O3/c1-2-34-7-6-24-18-30-17(26-13-5-3-4-12(9-13)20(21,22)23)28-15-11(10-25-31(15)18)8-14-16(32)29-19(33)27-14/h3-5,8-10H,2,6-7H2,1H3,(H2,24,26,28,30)(H2,27,29,32,33)/b14-8-. The quantitative estimate of drug-likeness (QED) is 0.221. The average molecular weight is 476 g/mol. The highest BCUT2D eigenvalue weighted by molar-refractivity contribution is 6.14. The lowest BCUT2D eigenvalue weighted by Gasteiger charge is -2.12. The van der Waals surface area contributed by atoms with Crippen molar-refractivity contribution in [2.24, 2.45) is 0 Å². The van der Waals surface area contributed by atoms with Crippen molar-refractivity contribution in [2.45, 2.75) is 13.1 Å². The summed E-state index contributed by atoms with van der Waals surface area (Å²) in [5.41, 5.74) is -0.0935. The summed E-state index contributed by atoms with van der Waals surface area (Å²) < 4.78 is 45.9. The maximum atomic E-state index is 13.1. The van der Waals surface area contributed by atoms with Crippen molar-refractivity contribution < 1.29 is 27.5 Å². The first-order valence-corrected chi connectivity index (χ1v) is 10.1. The predicted octanol–water partition coefficient (Wildman–Crippen LogP) is 2.52. The normalized spacial score (nSPS) is 15.0. The van der Waals surface area contributed by atoms with Crippen molar-refractivity contribution in [3.63, 3.8) is 0 Å². The number of nitrogens with one attached hydrogen (secondary N) is 4. The molecule has 1 saturated heterocycles. The third-order valence-electron chi connectivity index (χ3n) is 4.59. The average Bonchev–Trinajstić information content (AvgIpc) is 3.33. The molecule has 178 valence electrons. The van der Waals surface area contributed by atoms with Crippen molar-refractivity contribution in [1.82, 2.24) is 30.2 Å². The second-order valence-corrected chi connectivity index (χ2v) is 7.00. The minimum Gasteiger partial charge on any atom is -0.380 e. The number of hydrogen-bond acceptors (Lipinski definition) is 8. The largest absolute Gasteiger partial charge is 0.416 e. The van der Waals surface area contributed by atoms with E-state index in [1.54, 1.807) is 0 Å². The number of urea groups is 1. The minimum atomic E-state index is -4.51. The third-order valence-corrected chi connectivity index (χ3v) is 4.59. The Morgan fingerprint density at radius 3 is 2.74 bits per heavy atom. The minimum absolute atomic E-state index is 0.00300. The van der Waals surface area contributed by atoms with Crippen LogP contribution in [0.3, 0.4) is 0 Å². The molecule has 11 nitrogen and oxygen atoms in total. The second kappa shape index (κ2) is 9.35. The first-order chi connectivity index (χ1) is 16.2. The summed E-state index contributed by atoms with van der Waals surface area (Å²) in [5, 5.41) is 14.5. The number of nitrogens with zero attached hydrogens (tertiary/aromatic N) is 4. The van der Waals surface area contributed by atoms with E-state index in [9.17, 15) is 22.8 Å². The molecule has 3 amide bonds. The third kappa shape index (κ3) is 5.06. The Bertz CT molecular complexity index is 1270. The molecule has 0 aliphatic carbocycles. The molecule has 2 aromatic heterocycles. The molecule has 4 rings (SSSR count). The van der Waals surface area contributed by atoms with Crippen LogP contribution in [0.1, 0.15) is 18.1 Å². The molecular formula is C20H19F3N8O3. The zero-order valence-corrected chi connectivity index (χ0v) is 17.7. The molecule has 1 aromatic carbocycles. The molecule has 14 heteroatoms. The lowest BCUT2D eigenvalue weighted by molar-refractivity contribution is -0.137. The number of halogens is 3. The Balaban J connectivity index is 1.72. The van der Waals surface area contributed by atoms with Gasteiger partial charge in [-0.3, -0.25) is 10.1 Å². The van der Waals surface area contributed by atoms with Gasteiger partial charge in [0, 0.05) is 24.4 Å². The molecule has 1 aliphatic rings. The predicted molar refractivity (Wildman–Crippen MR) is 115 cm³/mol. The van der Waals surface area contributed by atoms with E-state index in [2.05, 4.69) is 36.3 Å². The molecule has 0 saturated carbocycles. The van der Waals surface area contributed by atoms with Gasteiger partial charge in [0.2, 0.25) is 11.9 Å². The van der Waals surface area contributed by atoms with Gasteiger partial charge in [0.15, 0.2) is 5.65 Å². The van der Waals surface area contributed by atoms with Crippen LogP contribution in [0.2, 0.25) is 0 Å². The number of imide groups is 1. The maximum Gasteiger partial charge on any atom is 0.416 e. The molecule has 4 N–H and O–H groups in total. The summed E-state index contributed by atoms with van der Waals surface area (Å²) in [6, 6.07) is 3.95. The lowest BCUT2D eigenvalue weighted by Crippen LogP contribution is -2.22. The van der Waals surface area contributed by atoms with E-state index in [1.165, 1.54) is 28.9 Å². The van der Waals surface area contributed by atoms with Gasteiger partial charge in [-0.05, 0) is 31.2 Å². The first kappa shape index (κ1) is 23.0. The number of alkyl halides is 3. The monoisotopic (exact) mass is 476 g/mol. The summed E-state index contributed by atoms with van der Waals surface area (Å²) in [7, 11) is 0. The molecule has 0 atom stereocenters. The van der Waals surface area contributed by atoms with Crippen LogP contribution in [0.4, 0.5) is 35.5 Å². The molecule has 34 heavy (non-hydrogen) atoms. The van der Waals surface area contributed by atoms with E-state index in [1.807, 2.05) is 6.92 Å². The molecule has 3 heterocycles. The summed E-state index contributed by atoms with van der Waals surface area (Å²) in [6.07, 6.45) is -1.71. The molecule has 0 bridgehead atoms. The molecule has 3 aromatic rings. The van der Waals surface area contributed by atoms with Crippen LogP contribution in [-0.2, 0) is 15.7 Å². The summed E-state index contributed by atoms with van der Waals surface area (Å²) in [5.74, 6) is -0.384. The van der Waals surface area contributed by atoms with Crippen molar-refractivity contribution in [3.05, 3.63) is 47.3 Å². The van der Waals surface area contributed by atoms with Gasteiger partial charge in [-0.2, -0.15) is 32.8 Å². The Labute approximate surface area is 190 Å². The van der Waals surface area contributed by atoms with Gasteiger partial charge < -0.3 is 20.7 Å². The van der Waals surface area contributed by atoms with Crippen LogP contribution in [-0.4, -0.2) is 51.3 Å². The number of carbonyl (C=O) groups excluding carboxylic acids is 2. The van der Waals surface area contributed by atoms with Crippen molar-refractivity contribution in [2.75, 3.05) is 30.4 Å². The number of carbonyl (C=O) groups is 2. The molecule has 1 aliphatic heterocycles. The fraction of sp³-hybridized carbons (Fsp3) is 0.250. The fourth-order valence-electron chi connectivity index (χ4n) is 3.09. The zero-order valence-electron chi connectivity index (χ0n) is 17.7. The number of rotatable bonds is 8. The molecule has 0 radical (unpaired) electrons. The van der Waals surface area contributed by atoms with Crippen LogP contribution < -0.4 is 21.3 Å². The zero-order chi connectivity index (χ0) is 24.3. The number of benzene rings is 1. The van der Waals surface area contributed by atoms with Crippen molar-refractivity contribution >= 4 is 41.2 Å². The van der Waals surface area contributed by atoms with E-state index in [0.717, 1.165) is 12.1 Å². The van der Waals surface area contributed by atoms with E-state index < -0.39 is 23.7 Å². The van der Waals surface area contributed by atoms with Crippen LogP contribution in [0, 0.1) is 0 Å². The van der Waals surface area contributed by atoms with Crippen LogP contribution >= 0.6 is 0 Å². The highest BCUT2D eigenvalue weighted by atomic mass is 19.4. The lowest BCUT2D eigenvalue weighted by atomic mass is 10.2. The van der Waals surface area contributed by atoms with Crippen LogP contribution in [0.25, 0.3) is 11.7 Å². The van der Waals surface area contributed by atoms with Crippen LogP contribution in [0.5, 0.6) is 0 Å². The van der Waals surface area contributed by atoms with Crippen molar-refractivity contribution in [3.8, 4) is 0 Å². The van der Waals surface area contributed by atoms with Gasteiger partial charge in [-0.25, -0.2) is 4.79 Å². The van der Waals surface area contributed by atoms with Gasteiger partial charge >= 0.3 is 12.2 Å². The van der Waals surface area contributed by atoms with Crippen molar-refractivity contribution in [1.29, 1.82) is 0 Å². The molecule has 0 spiro atoms. The van der Waals surface area contributed by atoms with Gasteiger partial charge in [-0.1, -0.05) is 6.07 Å². The second-order valence-electron chi connectivity index (χ2n) is 7.00. The highest BCUT2D eigenvalue weighted by Crippen LogP contribution is 2.31. The number of amides is 3. The SMILES string of the molecule is CCOCCNc1nc(Nc2cccc(C(F)(F)F)c2)nc2c(/C=C3\NC(=O)NC3=O)cnn12. The summed E-state index contributed by atoms with van der Waals surface area (Å²) in [6.45, 7) is 3.13. The molecule has 0 unspecified atom stereocenters. The summed E-state index contributed by atoms with van der Waals surface area (Å²) in [4.78, 5) is 31.9. The van der Waals surface area contributed by atoms with E-state index in [0.29, 0.717) is 25.3 Å². The number of ether oxygens (including phenoxy) is 1. The number of anilines is 3. The Morgan fingerprint density at radius 2 is 2.03 bits per heavy atom. The van der Waals surface area contributed by atoms with Gasteiger partial charge in [0.05, 0.1) is 18.4 Å². The highest BCUT2D eigenvalue weighted by Gasteiger charge is 2.30. The van der Waals surface area contributed by atoms with E-state index >= 15 is 0 Å². The number of fused-ring (bicyclic) bond motifs is 1. The maximum absolute atomic E-state index is 13.1. The smallest absolute Gasteiger partial charge is 0.380 e. The molecule has 1 fully saturated rings. The van der Waals surface area contributed by atoms with Crippen LogP contribution in [0.15, 0.2) is 36.2 Å². The number of aromatic nitrogens is 4. The number of hydrogen-bond donors (Lipinski definition) is 4. The topological polar surface area (TPSA) is 135 Å². The Hall–Kier alpha value is -4.20. The Kier molecular flexibility index (Phi) is 6.32. The fourth-order valence-corrected chi connectivity index (χ4v) is 3.09. The van der Waals surface area contributed by atoms with Gasteiger partial charge in [-0.15, -0.1) is 0 Å². The van der Waals surface area contributed by atoms with E-state index in [-0.39, 0.29) is 28.9 Å². The Morgan fingerprint density at radius 1 is 1.21 bits per heavy atom.